The number of ether oxygens (including phenoxy) is 1. The van der Waals surface area contributed by atoms with Gasteiger partial charge in [-0.15, -0.1) is 0 Å². The van der Waals surface area contributed by atoms with Gasteiger partial charge < -0.3 is 10.1 Å². The number of benzene rings is 2. The van der Waals surface area contributed by atoms with Crippen LogP contribution in [0.25, 0.3) is 10.9 Å². The highest BCUT2D eigenvalue weighted by Gasteiger charge is 2.18. The number of nitrogens with one attached hydrogen (secondary N) is 1. The van der Waals surface area contributed by atoms with E-state index in [0.717, 1.165) is 27.7 Å². The maximum Gasteiger partial charge on any atom is 0.341 e. The summed E-state index contributed by atoms with van der Waals surface area (Å²) in [5, 5.41) is 5.25. The number of rotatable bonds is 4. The van der Waals surface area contributed by atoms with E-state index in [4.69, 9.17) is 27.9 Å². The number of carbonyl (C=O) groups excluding carboxylic acids is 1. The number of nitrogens with zero attached hydrogens (tertiary/aromatic N) is 1. The lowest BCUT2D eigenvalue weighted by atomic mass is 10.1. The van der Waals surface area contributed by atoms with Crippen LogP contribution in [0.3, 0.4) is 0 Å². The molecule has 0 radical (unpaired) electrons. The van der Waals surface area contributed by atoms with E-state index < -0.39 is 5.97 Å². The number of fused-ring (bicyclic) bond motifs is 1. The van der Waals surface area contributed by atoms with Gasteiger partial charge in [-0.25, -0.2) is 4.79 Å². The van der Waals surface area contributed by atoms with Crippen molar-refractivity contribution < 1.29 is 9.53 Å². The first-order valence-corrected chi connectivity index (χ1v) is 8.95. The molecule has 0 spiro atoms. The molecule has 0 fully saturated rings. The molecule has 0 aliphatic rings. The van der Waals surface area contributed by atoms with Gasteiger partial charge in [0, 0.05) is 27.3 Å². The van der Waals surface area contributed by atoms with Crippen molar-refractivity contribution in [2.24, 2.45) is 0 Å². The molecule has 0 unspecified atom stereocenters. The fraction of sp³-hybridized carbons (Fsp3) is 0.200. The predicted molar refractivity (Wildman–Crippen MR) is 107 cm³/mol. The van der Waals surface area contributed by atoms with Crippen LogP contribution in [-0.2, 0) is 4.74 Å². The molecule has 6 heteroatoms. The summed E-state index contributed by atoms with van der Waals surface area (Å²) < 4.78 is 5.18. The van der Waals surface area contributed by atoms with Crippen LogP contribution in [0.1, 0.15) is 28.4 Å². The summed E-state index contributed by atoms with van der Waals surface area (Å²) in [5.74, 6) is -0.444. The molecule has 0 aliphatic carbocycles. The van der Waals surface area contributed by atoms with Crippen molar-refractivity contribution in [2.75, 3.05) is 11.9 Å². The van der Waals surface area contributed by atoms with Gasteiger partial charge in [-0.3, -0.25) is 4.98 Å². The van der Waals surface area contributed by atoms with E-state index in [-0.39, 0.29) is 6.61 Å². The Bertz CT molecular complexity index is 1000. The molecule has 26 heavy (non-hydrogen) atoms. The zero-order valence-corrected chi connectivity index (χ0v) is 16.2. The smallest absolute Gasteiger partial charge is 0.341 e. The largest absolute Gasteiger partial charge is 0.462 e. The summed E-state index contributed by atoms with van der Waals surface area (Å²) in [7, 11) is 0. The topological polar surface area (TPSA) is 51.2 Å². The number of aryl methyl sites for hydroxylation is 2. The molecule has 3 rings (SSSR count). The van der Waals surface area contributed by atoms with E-state index >= 15 is 0 Å². The highest BCUT2D eigenvalue weighted by Crippen LogP contribution is 2.34. The van der Waals surface area contributed by atoms with Crippen LogP contribution < -0.4 is 5.32 Å². The highest BCUT2D eigenvalue weighted by atomic mass is 35.5. The Morgan fingerprint density at radius 2 is 1.92 bits per heavy atom. The molecule has 0 saturated carbocycles. The number of hydrogen-bond acceptors (Lipinski definition) is 4. The summed E-state index contributed by atoms with van der Waals surface area (Å²) in [6, 6.07) is 9.26. The number of esters is 1. The van der Waals surface area contributed by atoms with Gasteiger partial charge in [-0.1, -0.05) is 29.3 Å². The molecule has 1 N–H and O–H groups in total. The monoisotopic (exact) mass is 388 g/mol. The summed E-state index contributed by atoms with van der Waals surface area (Å²) in [6.07, 6.45) is 1.53. The summed E-state index contributed by atoms with van der Waals surface area (Å²) in [6.45, 7) is 5.90. The normalized spacial score (nSPS) is 10.8. The number of carbonyl (C=O) groups is 1. The Morgan fingerprint density at radius 1 is 1.15 bits per heavy atom. The third-order valence-electron chi connectivity index (χ3n) is 4.06. The predicted octanol–water partition coefficient (Wildman–Crippen LogP) is 6.08. The van der Waals surface area contributed by atoms with Crippen molar-refractivity contribution in [3.05, 3.63) is 63.3 Å². The first kappa shape index (κ1) is 18.5. The quantitative estimate of drug-likeness (QED) is 0.550. The van der Waals surface area contributed by atoms with Crippen molar-refractivity contribution in [3.8, 4) is 0 Å². The van der Waals surface area contributed by atoms with Gasteiger partial charge in [0.25, 0.3) is 0 Å². The molecule has 1 heterocycles. The van der Waals surface area contributed by atoms with Crippen molar-refractivity contribution in [3.63, 3.8) is 0 Å². The van der Waals surface area contributed by atoms with Crippen molar-refractivity contribution in [1.29, 1.82) is 0 Å². The van der Waals surface area contributed by atoms with Gasteiger partial charge in [-0.2, -0.15) is 0 Å². The summed E-state index contributed by atoms with van der Waals surface area (Å²) >= 11 is 12.5. The third-order valence-corrected chi connectivity index (χ3v) is 4.69. The number of halogens is 2. The van der Waals surface area contributed by atoms with Gasteiger partial charge in [0.05, 0.1) is 17.8 Å². The number of pyridine rings is 1. The van der Waals surface area contributed by atoms with E-state index in [1.165, 1.54) is 6.20 Å². The van der Waals surface area contributed by atoms with E-state index in [1.807, 2.05) is 38.1 Å². The second-order valence-electron chi connectivity index (χ2n) is 5.98. The van der Waals surface area contributed by atoms with Crippen LogP contribution in [-0.4, -0.2) is 17.6 Å². The number of hydrogen-bond donors (Lipinski definition) is 1. The Kier molecular flexibility index (Phi) is 5.35. The molecule has 2 aromatic carbocycles. The minimum Gasteiger partial charge on any atom is -0.462 e. The second-order valence-corrected chi connectivity index (χ2v) is 6.82. The molecule has 0 bridgehead atoms. The van der Waals surface area contributed by atoms with E-state index in [2.05, 4.69) is 10.3 Å². The minimum atomic E-state index is -0.444. The van der Waals surface area contributed by atoms with Crippen LogP contribution in [0.5, 0.6) is 0 Å². The average molecular weight is 389 g/mol. The molecular weight excluding hydrogens is 371 g/mol. The van der Waals surface area contributed by atoms with Crippen LogP contribution >= 0.6 is 23.2 Å². The molecular formula is C20H18Cl2N2O2. The first-order chi connectivity index (χ1) is 12.4. The Labute approximate surface area is 162 Å². The van der Waals surface area contributed by atoms with Gasteiger partial charge in [0.15, 0.2) is 0 Å². The molecule has 0 aliphatic heterocycles. The SMILES string of the molecule is CCOC(=O)c1cnc2c(C)cc(Cl)cc2c1Nc1ccc(C)c(Cl)c1. The minimum absolute atomic E-state index is 0.279. The summed E-state index contributed by atoms with van der Waals surface area (Å²) in [5.41, 5.74) is 4.37. The van der Waals surface area contributed by atoms with E-state index in [1.54, 1.807) is 13.0 Å². The standard InChI is InChI=1S/C20H18Cl2N2O2/c1-4-26-20(25)16-10-23-18-12(3)7-13(21)8-15(18)19(16)24-14-6-5-11(2)17(22)9-14/h5-10H,4H2,1-3H3,(H,23,24). The third kappa shape index (κ3) is 3.62. The molecule has 134 valence electrons. The van der Waals surface area contributed by atoms with Gasteiger partial charge in [-0.05, 0) is 56.2 Å². The lowest BCUT2D eigenvalue weighted by molar-refractivity contribution is 0.0527. The lowest BCUT2D eigenvalue weighted by Crippen LogP contribution is -2.09. The molecule has 1 aromatic heterocycles. The van der Waals surface area contributed by atoms with Gasteiger partial charge in [0.1, 0.15) is 5.56 Å². The average Bonchev–Trinajstić information content (AvgIpc) is 2.58. The van der Waals surface area contributed by atoms with Crippen molar-refractivity contribution in [2.45, 2.75) is 20.8 Å². The molecule has 0 saturated heterocycles. The maximum atomic E-state index is 12.4. The zero-order valence-electron chi connectivity index (χ0n) is 14.7. The maximum absolute atomic E-state index is 12.4. The molecule has 4 nitrogen and oxygen atoms in total. The number of aromatic nitrogens is 1. The van der Waals surface area contributed by atoms with Crippen molar-refractivity contribution in [1.82, 2.24) is 4.98 Å². The highest BCUT2D eigenvalue weighted by molar-refractivity contribution is 6.32. The fourth-order valence-electron chi connectivity index (χ4n) is 2.75. The Morgan fingerprint density at radius 3 is 2.62 bits per heavy atom. The molecule has 0 atom stereocenters. The van der Waals surface area contributed by atoms with Crippen LogP contribution in [0.2, 0.25) is 10.0 Å². The van der Waals surface area contributed by atoms with Crippen LogP contribution in [0.15, 0.2) is 36.5 Å². The Hall–Kier alpha value is -2.30. The fourth-order valence-corrected chi connectivity index (χ4v) is 3.20. The Balaban J connectivity index is 2.22. The second kappa shape index (κ2) is 7.52. The van der Waals surface area contributed by atoms with E-state index in [9.17, 15) is 4.79 Å². The van der Waals surface area contributed by atoms with Crippen molar-refractivity contribution >= 4 is 51.4 Å². The zero-order chi connectivity index (χ0) is 18.8. The van der Waals surface area contributed by atoms with Gasteiger partial charge >= 0.3 is 5.97 Å². The molecule has 3 aromatic rings. The van der Waals surface area contributed by atoms with Crippen LogP contribution in [0.4, 0.5) is 11.4 Å². The summed E-state index contributed by atoms with van der Waals surface area (Å²) in [4.78, 5) is 16.9. The van der Waals surface area contributed by atoms with E-state index in [0.29, 0.717) is 21.3 Å². The van der Waals surface area contributed by atoms with Crippen LogP contribution in [0, 0.1) is 13.8 Å². The lowest BCUT2D eigenvalue weighted by Gasteiger charge is -2.16. The molecule has 0 amide bonds. The number of anilines is 2. The first-order valence-electron chi connectivity index (χ1n) is 8.20. The van der Waals surface area contributed by atoms with Gasteiger partial charge in [0.2, 0.25) is 0 Å².